The van der Waals surface area contributed by atoms with Crippen LogP contribution in [0.25, 0.3) is 0 Å². The minimum absolute atomic E-state index is 0.123. The minimum Gasteiger partial charge on any atom is -0.494 e. The lowest BCUT2D eigenvalue weighted by Gasteiger charge is -2.35. The average molecular weight is 549 g/mol. The molecule has 1 atom stereocenters. The second-order valence-electron chi connectivity index (χ2n) is 9.83. The Morgan fingerprint density at radius 3 is 2.56 bits per heavy atom. The fourth-order valence-corrected chi connectivity index (χ4v) is 5.35. The van der Waals surface area contributed by atoms with Gasteiger partial charge in [0.15, 0.2) is 5.75 Å². The zero-order chi connectivity index (χ0) is 27.4. The predicted octanol–water partition coefficient (Wildman–Crippen LogP) is 3.98. The maximum atomic E-state index is 13.8. The van der Waals surface area contributed by atoms with E-state index < -0.39 is 6.04 Å². The number of nitrogens with zero attached hydrogens (tertiary/aromatic N) is 4. The molecule has 0 bridgehead atoms. The summed E-state index contributed by atoms with van der Waals surface area (Å²) < 4.78 is 5.05. The normalized spacial score (nSPS) is 21.0. The number of anilines is 2. The molecule has 11 heteroatoms. The highest BCUT2D eigenvalue weighted by Gasteiger charge is 2.38. The Morgan fingerprint density at radius 2 is 1.87 bits per heavy atom. The van der Waals surface area contributed by atoms with Crippen LogP contribution in [-0.2, 0) is 16.0 Å². The van der Waals surface area contributed by atoms with E-state index in [1.54, 1.807) is 29.3 Å². The Bertz CT molecular complexity index is 1350. The fourth-order valence-electron chi connectivity index (χ4n) is 5.17. The number of pyridine rings is 1. The lowest BCUT2D eigenvalue weighted by molar-refractivity contribution is -0.121. The molecule has 2 N–H and O–H groups in total. The van der Waals surface area contributed by atoms with E-state index in [0.29, 0.717) is 47.8 Å². The first-order chi connectivity index (χ1) is 18.9. The van der Waals surface area contributed by atoms with Crippen LogP contribution in [0.4, 0.5) is 11.6 Å². The van der Waals surface area contributed by atoms with Crippen molar-refractivity contribution in [1.82, 2.24) is 19.9 Å². The van der Waals surface area contributed by atoms with Crippen molar-refractivity contribution in [2.45, 2.75) is 38.1 Å². The summed E-state index contributed by atoms with van der Waals surface area (Å²) in [6.07, 6.45) is 7.79. The van der Waals surface area contributed by atoms with Crippen molar-refractivity contribution in [2.24, 2.45) is 11.8 Å². The van der Waals surface area contributed by atoms with Crippen molar-refractivity contribution in [3.05, 3.63) is 71.3 Å². The summed E-state index contributed by atoms with van der Waals surface area (Å²) in [5, 5.41) is 6.11. The van der Waals surface area contributed by atoms with E-state index in [9.17, 15) is 14.4 Å². The number of rotatable bonds is 7. The van der Waals surface area contributed by atoms with Gasteiger partial charge >= 0.3 is 0 Å². The number of benzene rings is 1. The third kappa shape index (κ3) is 6.17. The standard InChI is InChI=1S/C28H29ClN6O4/c1-39-21-14-31-28(32-15-21)34-25(36)18-7-5-17(6-8-18)16-35-24(13-20-4-2-3-11-30-20)26(37)33-23-12-19(29)9-10-22(23)27(35)38/h2-4,9-12,14-15,17-18,24H,5-8,13,16H2,1H3,(H,33,37)(H,31,32,34,36)/t17?,18?,24-/m1/s1. The number of nitrogens with one attached hydrogen (secondary N) is 2. The first-order valence-electron chi connectivity index (χ1n) is 12.9. The second-order valence-corrected chi connectivity index (χ2v) is 10.3. The van der Waals surface area contributed by atoms with Crippen LogP contribution < -0.4 is 15.4 Å². The van der Waals surface area contributed by atoms with Crippen LogP contribution in [0.15, 0.2) is 55.0 Å². The summed E-state index contributed by atoms with van der Waals surface area (Å²) in [5.74, 6) is 0.0886. The second kappa shape index (κ2) is 11.8. The van der Waals surface area contributed by atoms with Gasteiger partial charge in [-0.1, -0.05) is 17.7 Å². The molecule has 2 aromatic heterocycles. The first-order valence-corrected chi connectivity index (χ1v) is 13.3. The summed E-state index contributed by atoms with van der Waals surface area (Å²) in [5.41, 5.74) is 1.54. The van der Waals surface area contributed by atoms with Crippen molar-refractivity contribution >= 4 is 41.0 Å². The van der Waals surface area contributed by atoms with Crippen molar-refractivity contribution in [3.63, 3.8) is 0 Å². The number of aromatic nitrogens is 3. The van der Waals surface area contributed by atoms with Crippen molar-refractivity contribution in [2.75, 3.05) is 24.3 Å². The molecule has 3 amide bonds. The number of halogens is 1. The number of hydrogen-bond acceptors (Lipinski definition) is 7. The van der Waals surface area contributed by atoms with Gasteiger partial charge in [-0.2, -0.15) is 0 Å². The van der Waals surface area contributed by atoms with Gasteiger partial charge in [0.05, 0.1) is 30.8 Å². The maximum absolute atomic E-state index is 13.8. The maximum Gasteiger partial charge on any atom is 0.256 e. The van der Waals surface area contributed by atoms with E-state index in [2.05, 4.69) is 25.6 Å². The molecule has 1 aromatic carbocycles. The number of methoxy groups -OCH3 is 1. The van der Waals surface area contributed by atoms with E-state index >= 15 is 0 Å². The van der Waals surface area contributed by atoms with Gasteiger partial charge in [0.25, 0.3) is 5.91 Å². The number of hydrogen-bond donors (Lipinski definition) is 2. The van der Waals surface area contributed by atoms with Gasteiger partial charge in [-0.05, 0) is 61.9 Å². The van der Waals surface area contributed by atoms with Gasteiger partial charge in [-0.15, -0.1) is 0 Å². The van der Waals surface area contributed by atoms with Gasteiger partial charge in [0, 0.05) is 35.8 Å². The molecule has 2 aliphatic rings. The highest BCUT2D eigenvalue weighted by atomic mass is 35.5. The zero-order valence-corrected chi connectivity index (χ0v) is 22.2. The summed E-state index contributed by atoms with van der Waals surface area (Å²) in [7, 11) is 1.52. The molecule has 0 spiro atoms. The highest BCUT2D eigenvalue weighted by molar-refractivity contribution is 6.31. The molecule has 10 nitrogen and oxygen atoms in total. The molecule has 1 saturated carbocycles. The Balaban J connectivity index is 1.28. The summed E-state index contributed by atoms with van der Waals surface area (Å²) >= 11 is 6.16. The number of carbonyl (C=O) groups is 3. The van der Waals surface area contributed by atoms with Crippen molar-refractivity contribution < 1.29 is 19.1 Å². The molecule has 1 aliphatic carbocycles. The Morgan fingerprint density at radius 1 is 1.10 bits per heavy atom. The topological polar surface area (TPSA) is 126 Å². The molecule has 202 valence electrons. The zero-order valence-electron chi connectivity index (χ0n) is 21.5. The van der Waals surface area contributed by atoms with Crippen LogP contribution in [0.3, 0.4) is 0 Å². The molecule has 0 radical (unpaired) electrons. The number of ether oxygens (including phenoxy) is 1. The average Bonchev–Trinajstić information content (AvgIpc) is 3.04. The molecule has 3 heterocycles. The SMILES string of the molecule is COc1cnc(NC(=O)C2CCC(CN3C(=O)c4ccc(Cl)cc4NC(=O)[C@H]3Cc3ccccn3)CC2)nc1. The van der Waals surface area contributed by atoms with Crippen molar-refractivity contribution in [3.8, 4) is 5.75 Å². The summed E-state index contributed by atoms with van der Waals surface area (Å²) in [6, 6.07) is 9.70. The van der Waals surface area contributed by atoms with E-state index in [4.69, 9.17) is 16.3 Å². The molecule has 3 aromatic rings. The highest BCUT2D eigenvalue weighted by Crippen LogP contribution is 2.33. The number of carbonyl (C=O) groups excluding carboxylic acids is 3. The van der Waals surface area contributed by atoms with E-state index in [1.165, 1.54) is 19.5 Å². The molecule has 1 aliphatic heterocycles. The van der Waals surface area contributed by atoms with Crippen LogP contribution in [0, 0.1) is 11.8 Å². The lowest BCUT2D eigenvalue weighted by atomic mass is 9.81. The summed E-state index contributed by atoms with van der Waals surface area (Å²) in [4.78, 5) is 54.2. The van der Waals surface area contributed by atoms with Gasteiger partial charge in [-0.3, -0.25) is 24.7 Å². The van der Waals surface area contributed by atoms with Gasteiger partial charge in [0.2, 0.25) is 17.8 Å². The molecule has 39 heavy (non-hydrogen) atoms. The van der Waals surface area contributed by atoms with Gasteiger partial charge in [-0.25, -0.2) is 9.97 Å². The fraction of sp³-hybridized carbons (Fsp3) is 0.357. The van der Waals surface area contributed by atoms with Crippen LogP contribution in [0.2, 0.25) is 5.02 Å². The largest absolute Gasteiger partial charge is 0.494 e. The molecule has 0 saturated heterocycles. The smallest absolute Gasteiger partial charge is 0.256 e. The molecule has 0 unspecified atom stereocenters. The van der Waals surface area contributed by atoms with Crippen LogP contribution in [-0.4, -0.2) is 57.3 Å². The predicted molar refractivity (Wildman–Crippen MR) is 146 cm³/mol. The number of amides is 3. The molecule has 5 rings (SSSR count). The molecule has 1 fully saturated rings. The first kappa shape index (κ1) is 26.6. The van der Waals surface area contributed by atoms with E-state index in [-0.39, 0.29) is 35.5 Å². The van der Waals surface area contributed by atoms with Crippen LogP contribution in [0.1, 0.15) is 41.7 Å². The Labute approximate surface area is 231 Å². The van der Waals surface area contributed by atoms with Crippen LogP contribution in [0.5, 0.6) is 5.75 Å². The molecular weight excluding hydrogens is 520 g/mol. The monoisotopic (exact) mass is 548 g/mol. The summed E-state index contributed by atoms with van der Waals surface area (Å²) in [6.45, 7) is 0.405. The molecular formula is C28H29ClN6O4. The third-order valence-corrected chi connectivity index (χ3v) is 7.54. The van der Waals surface area contributed by atoms with E-state index in [0.717, 1.165) is 18.5 Å². The van der Waals surface area contributed by atoms with Crippen molar-refractivity contribution in [1.29, 1.82) is 0 Å². The third-order valence-electron chi connectivity index (χ3n) is 7.31. The van der Waals surface area contributed by atoms with Gasteiger partial charge < -0.3 is 15.0 Å². The Kier molecular flexibility index (Phi) is 8.02. The number of fused-ring (bicyclic) bond motifs is 1. The van der Waals surface area contributed by atoms with Gasteiger partial charge in [0.1, 0.15) is 6.04 Å². The Hall–Kier alpha value is -4.05. The lowest BCUT2D eigenvalue weighted by Crippen LogP contribution is -2.49. The quantitative estimate of drug-likeness (QED) is 0.457. The minimum atomic E-state index is -0.730. The van der Waals surface area contributed by atoms with E-state index in [1.807, 2.05) is 18.2 Å². The van der Waals surface area contributed by atoms with Crippen LogP contribution >= 0.6 is 11.6 Å².